The van der Waals surface area contributed by atoms with Gasteiger partial charge in [-0.25, -0.2) is 4.39 Å². The highest BCUT2D eigenvalue weighted by Crippen LogP contribution is 2.05. The minimum absolute atomic E-state index is 0.235. The molecule has 1 amide bonds. The molecule has 3 heteroatoms. The molecule has 1 N–H and O–H groups in total. The number of halogens is 1. The normalized spacial score (nSPS) is 9.50. The third-order valence-corrected chi connectivity index (χ3v) is 1.84. The van der Waals surface area contributed by atoms with Crippen LogP contribution in [-0.4, -0.2) is 12.5 Å². The zero-order valence-corrected chi connectivity index (χ0v) is 7.79. The summed E-state index contributed by atoms with van der Waals surface area (Å²) in [6, 6.07) is 6.52. The largest absolute Gasteiger partial charge is 0.352 e. The zero-order chi connectivity index (χ0) is 10.4. The van der Waals surface area contributed by atoms with Gasteiger partial charge in [0.15, 0.2) is 0 Å². The van der Waals surface area contributed by atoms with Crippen LogP contribution in [0.25, 0.3) is 0 Å². The molecule has 0 aliphatic carbocycles. The van der Waals surface area contributed by atoms with Crippen molar-refractivity contribution in [3.05, 3.63) is 48.3 Å². The highest BCUT2D eigenvalue weighted by Gasteiger charge is 2.00. The van der Waals surface area contributed by atoms with E-state index in [1.54, 1.807) is 18.2 Å². The van der Waals surface area contributed by atoms with Crippen molar-refractivity contribution in [3.63, 3.8) is 0 Å². The molecule has 0 atom stereocenters. The molecular weight excluding hydrogens is 181 g/mol. The molecule has 0 saturated heterocycles. The molecule has 0 saturated carbocycles. The topological polar surface area (TPSA) is 29.1 Å². The Morgan fingerprint density at radius 3 is 2.86 bits per heavy atom. The lowest BCUT2D eigenvalue weighted by Gasteiger charge is -2.03. The van der Waals surface area contributed by atoms with Crippen molar-refractivity contribution in [1.82, 2.24) is 5.32 Å². The number of benzene rings is 1. The third kappa shape index (κ3) is 3.01. The maximum Gasteiger partial charge on any atom is 0.243 e. The summed E-state index contributed by atoms with van der Waals surface area (Å²) in [4.78, 5) is 10.8. The van der Waals surface area contributed by atoms with Gasteiger partial charge >= 0.3 is 0 Å². The Bertz CT molecular complexity index is 336. The maximum absolute atomic E-state index is 13.1. The number of carbonyl (C=O) groups is 1. The number of nitrogens with one attached hydrogen (secondary N) is 1. The van der Waals surface area contributed by atoms with Crippen LogP contribution in [0, 0.1) is 5.82 Å². The first-order valence-electron chi connectivity index (χ1n) is 4.37. The molecule has 0 spiro atoms. The van der Waals surface area contributed by atoms with Crippen LogP contribution in [0.4, 0.5) is 4.39 Å². The number of rotatable bonds is 4. The average Bonchev–Trinajstić information content (AvgIpc) is 2.20. The lowest BCUT2D eigenvalue weighted by molar-refractivity contribution is -0.116. The Labute approximate surface area is 82.4 Å². The van der Waals surface area contributed by atoms with E-state index in [2.05, 4.69) is 11.9 Å². The molecule has 0 aromatic heterocycles. The van der Waals surface area contributed by atoms with Gasteiger partial charge in [0.05, 0.1) is 0 Å². The van der Waals surface area contributed by atoms with Crippen LogP contribution in [0.3, 0.4) is 0 Å². The molecule has 1 aromatic rings. The molecule has 2 nitrogen and oxygen atoms in total. The Kier molecular flexibility index (Phi) is 3.85. The van der Waals surface area contributed by atoms with Gasteiger partial charge in [-0.1, -0.05) is 24.8 Å². The molecule has 0 radical (unpaired) electrons. The molecule has 0 aliphatic heterocycles. The summed E-state index contributed by atoms with van der Waals surface area (Å²) in [6.45, 7) is 3.74. The van der Waals surface area contributed by atoms with E-state index >= 15 is 0 Å². The molecule has 74 valence electrons. The van der Waals surface area contributed by atoms with Gasteiger partial charge in [0.25, 0.3) is 0 Å². The minimum atomic E-state index is -0.236. The molecule has 0 bridgehead atoms. The van der Waals surface area contributed by atoms with Crippen LogP contribution in [0.1, 0.15) is 5.56 Å². The molecule has 0 fully saturated rings. The Balaban J connectivity index is 2.42. The summed E-state index contributed by atoms with van der Waals surface area (Å²) in [5.74, 6) is -0.471. The number of hydrogen-bond acceptors (Lipinski definition) is 1. The molecule has 1 aromatic carbocycles. The number of carbonyl (C=O) groups excluding carboxylic acids is 1. The summed E-state index contributed by atoms with van der Waals surface area (Å²) in [6.07, 6.45) is 1.69. The number of amides is 1. The molecule has 14 heavy (non-hydrogen) atoms. The van der Waals surface area contributed by atoms with E-state index in [0.29, 0.717) is 18.5 Å². The second-order valence-corrected chi connectivity index (χ2v) is 2.84. The summed E-state index contributed by atoms with van der Waals surface area (Å²) < 4.78 is 13.1. The van der Waals surface area contributed by atoms with Crippen molar-refractivity contribution in [3.8, 4) is 0 Å². The average molecular weight is 193 g/mol. The highest BCUT2D eigenvalue weighted by molar-refractivity contribution is 5.86. The van der Waals surface area contributed by atoms with Crippen molar-refractivity contribution in [2.75, 3.05) is 6.54 Å². The van der Waals surface area contributed by atoms with Crippen LogP contribution < -0.4 is 5.32 Å². The van der Waals surface area contributed by atoms with Crippen molar-refractivity contribution < 1.29 is 9.18 Å². The van der Waals surface area contributed by atoms with E-state index in [1.807, 2.05) is 0 Å². The van der Waals surface area contributed by atoms with Crippen molar-refractivity contribution >= 4 is 5.91 Å². The lowest BCUT2D eigenvalue weighted by atomic mass is 10.1. The van der Waals surface area contributed by atoms with Gasteiger partial charge in [-0.2, -0.15) is 0 Å². The second kappa shape index (κ2) is 5.17. The zero-order valence-electron chi connectivity index (χ0n) is 7.79. The monoisotopic (exact) mass is 193 g/mol. The van der Waals surface area contributed by atoms with Crippen molar-refractivity contribution in [2.24, 2.45) is 0 Å². The minimum Gasteiger partial charge on any atom is -0.352 e. The smallest absolute Gasteiger partial charge is 0.243 e. The van der Waals surface area contributed by atoms with E-state index in [4.69, 9.17) is 0 Å². The molecular formula is C11H12FNO. The van der Waals surface area contributed by atoms with Gasteiger partial charge in [-0.15, -0.1) is 0 Å². The molecule has 1 rings (SSSR count). The fourth-order valence-electron chi connectivity index (χ4n) is 1.09. The fourth-order valence-corrected chi connectivity index (χ4v) is 1.09. The molecule has 0 unspecified atom stereocenters. The van der Waals surface area contributed by atoms with Gasteiger partial charge < -0.3 is 5.32 Å². The predicted molar refractivity (Wildman–Crippen MR) is 53.3 cm³/mol. The first-order valence-corrected chi connectivity index (χ1v) is 4.37. The summed E-state index contributed by atoms with van der Waals surface area (Å²) >= 11 is 0. The number of hydrogen-bond donors (Lipinski definition) is 1. The Hall–Kier alpha value is -1.64. The van der Waals surface area contributed by atoms with Gasteiger partial charge in [0, 0.05) is 6.54 Å². The van der Waals surface area contributed by atoms with Gasteiger partial charge in [0.1, 0.15) is 5.82 Å². The first-order chi connectivity index (χ1) is 6.74. The quantitative estimate of drug-likeness (QED) is 0.724. The van der Waals surface area contributed by atoms with Gasteiger partial charge in [0.2, 0.25) is 5.91 Å². The van der Waals surface area contributed by atoms with Crippen LogP contribution in [0.15, 0.2) is 36.9 Å². The van der Waals surface area contributed by atoms with Crippen LogP contribution in [0.2, 0.25) is 0 Å². The fraction of sp³-hybridized carbons (Fsp3) is 0.182. The first kappa shape index (κ1) is 10.4. The summed E-state index contributed by atoms with van der Waals surface area (Å²) in [5.41, 5.74) is 0.608. The van der Waals surface area contributed by atoms with Crippen molar-refractivity contribution in [2.45, 2.75) is 6.42 Å². The van der Waals surface area contributed by atoms with Crippen LogP contribution in [0.5, 0.6) is 0 Å². The summed E-state index contributed by atoms with van der Waals surface area (Å²) in [7, 11) is 0. The van der Waals surface area contributed by atoms with Crippen LogP contribution >= 0.6 is 0 Å². The maximum atomic E-state index is 13.1. The van der Waals surface area contributed by atoms with Gasteiger partial charge in [-0.05, 0) is 24.1 Å². The standard InChI is InChI=1S/C11H12FNO/c1-2-11(14)13-8-7-9-5-3-4-6-10(9)12/h2-6H,1,7-8H2,(H,13,14). The second-order valence-electron chi connectivity index (χ2n) is 2.84. The van der Waals surface area contributed by atoms with E-state index < -0.39 is 0 Å². The van der Waals surface area contributed by atoms with E-state index in [1.165, 1.54) is 12.1 Å². The highest BCUT2D eigenvalue weighted by atomic mass is 19.1. The molecule has 0 heterocycles. The van der Waals surface area contributed by atoms with E-state index in [-0.39, 0.29) is 11.7 Å². The third-order valence-electron chi connectivity index (χ3n) is 1.84. The lowest BCUT2D eigenvalue weighted by Crippen LogP contribution is -2.23. The van der Waals surface area contributed by atoms with E-state index in [9.17, 15) is 9.18 Å². The predicted octanol–water partition coefficient (Wildman–Crippen LogP) is 1.67. The van der Waals surface area contributed by atoms with Gasteiger partial charge in [-0.3, -0.25) is 4.79 Å². The Morgan fingerprint density at radius 2 is 2.21 bits per heavy atom. The Morgan fingerprint density at radius 1 is 1.50 bits per heavy atom. The van der Waals surface area contributed by atoms with Crippen LogP contribution in [-0.2, 0) is 11.2 Å². The van der Waals surface area contributed by atoms with E-state index in [0.717, 1.165) is 0 Å². The molecule has 0 aliphatic rings. The summed E-state index contributed by atoms with van der Waals surface area (Å²) in [5, 5.41) is 2.58. The SMILES string of the molecule is C=CC(=O)NCCc1ccccc1F. The van der Waals surface area contributed by atoms with Crippen molar-refractivity contribution in [1.29, 1.82) is 0 Å².